The van der Waals surface area contributed by atoms with Gasteiger partial charge in [-0.2, -0.15) is 0 Å². The SMILES string of the molecule is O=C(Cc1csc2ccccc12)N1CCN(C(=O)Nc2cccc(Cl)c2)CC1. The van der Waals surface area contributed by atoms with E-state index in [9.17, 15) is 9.59 Å². The Morgan fingerprint density at radius 3 is 2.54 bits per heavy atom. The molecule has 1 aliphatic heterocycles. The summed E-state index contributed by atoms with van der Waals surface area (Å²) in [4.78, 5) is 28.7. The molecule has 0 radical (unpaired) electrons. The molecule has 2 aromatic carbocycles. The summed E-state index contributed by atoms with van der Waals surface area (Å²) in [7, 11) is 0. The molecule has 0 bridgehead atoms. The molecule has 0 aliphatic carbocycles. The fourth-order valence-electron chi connectivity index (χ4n) is 3.37. The van der Waals surface area contributed by atoms with Crippen molar-refractivity contribution in [2.75, 3.05) is 31.5 Å². The first kappa shape index (κ1) is 18.8. The zero-order valence-corrected chi connectivity index (χ0v) is 16.8. The molecule has 7 heteroatoms. The van der Waals surface area contributed by atoms with Crippen LogP contribution in [0.15, 0.2) is 53.9 Å². The van der Waals surface area contributed by atoms with E-state index < -0.39 is 0 Å². The van der Waals surface area contributed by atoms with Crippen molar-refractivity contribution in [2.24, 2.45) is 0 Å². The fourth-order valence-corrected chi connectivity index (χ4v) is 4.53. The predicted octanol–water partition coefficient (Wildman–Crippen LogP) is 4.47. The van der Waals surface area contributed by atoms with Gasteiger partial charge < -0.3 is 15.1 Å². The number of thiophene rings is 1. The minimum absolute atomic E-state index is 0.110. The summed E-state index contributed by atoms with van der Waals surface area (Å²) in [5.74, 6) is 0.110. The monoisotopic (exact) mass is 413 g/mol. The van der Waals surface area contributed by atoms with Crippen molar-refractivity contribution in [2.45, 2.75) is 6.42 Å². The molecule has 3 aromatic rings. The molecular formula is C21H20ClN3O2S. The van der Waals surface area contributed by atoms with Crippen LogP contribution in [-0.4, -0.2) is 47.9 Å². The molecule has 0 spiro atoms. The van der Waals surface area contributed by atoms with Gasteiger partial charge in [-0.1, -0.05) is 35.9 Å². The van der Waals surface area contributed by atoms with Gasteiger partial charge in [0.15, 0.2) is 0 Å². The Morgan fingerprint density at radius 2 is 1.75 bits per heavy atom. The minimum Gasteiger partial charge on any atom is -0.339 e. The second kappa shape index (κ2) is 8.20. The number of halogens is 1. The highest BCUT2D eigenvalue weighted by Crippen LogP contribution is 2.26. The standard InChI is InChI=1S/C21H20ClN3O2S/c22-16-4-3-5-17(13-16)23-21(27)25-10-8-24(9-11-25)20(26)12-15-14-28-19-7-2-1-6-18(15)19/h1-7,13-14H,8-12H2,(H,23,27). The number of carbonyl (C=O) groups is 2. The van der Waals surface area contributed by atoms with Crippen LogP contribution >= 0.6 is 22.9 Å². The van der Waals surface area contributed by atoms with Crippen molar-refractivity contribution in [1.29, 1.82) is 0 Å². The number of carbonyl (C=O) groups excluding carboxylic acids is 2. The van der Waals surface area contributed by atoms with Crippen LogP contribution in [0.4, 0.5) is 10.5 Å². The molecule has 1 N–H and O–H groups in total. The van der Waals surface area contributed by atoms with Crippen LogP contribution in [0.25, 0.3) is 10.1 Å². The van der Waals surface area contributed by atoms with Gasteiger partial charge in [-0.15, -0.1) is 11.3 Å². The van der Waals surface area contributed by atoms with Gasteiger partial charge >= 0.3 is 6.03 Å². The Morgan fingerprint density at radius 1 is 1.00 bits per heavy atom. The third-order valence-electron chi connectivity index (χ3n) is 4.90. The lowest BCUT2D eigenvalue weighted by atomic mass is 10.1. The van der Waals surface area contributed by atoms with Crippen molar-refractivity contribution < 1.29 is 9.59 Å². The van der Waals surface area contributed by atoms with Crippen molar-refractivity contribution >= 4 is 50.6 Å². The molecular weight excluding hydrogens is 394 g/mol. The summed E-state index contributed by atoms with van der Waals surface area (Å²) in [5.41, 5.74) is 1.74. The normalized spacial score (nSPS) is 14.3. The zero-order chi connectivity index (χ0) is 19.5. The highest BCUT2D eigenvalue weighted by molar-refractivity contribution is 7.17. The average Bonchev–Trinajstić information content (AvgIpc) is 3.11. The van der Waals surface area contributed by atoms with Gasteiger partial charge in [-0.3, -0.25) is 4.79 Å². The molecule has 0 unspecified atom stereocenters. The maximum Gasteiger partial charge on any atom is 0.321 e. The number of nitrogens with one attached hydrogen (secondary N) is 1. The number of amides is 3. The Bertz CT molecular complexity index is 1010. The zero-order valence-electron chi connectivity index (χ0n) is 15.2. The molecule has 1 fully saturated rings. The number of nitrogens with zero attached hydrogens (tertiary/aromatic N) is 2. The van der Waals surface area contributed by atoms with E-state index in [1.807, 2.05) is 17.0 Å². The Kier molecular flexibility index (Phi) is 5.50. The van der Waals surface area contributed by atoms with Crippen LogP contribution < -0.4 is 5.32 Å². The number of fused-ring (bicyclic) bond motifs is 1. The Labute approximate surface area is 172 Å². The molecule has 1 aromatic heterocycles. The molecule has 0 saturated carbocycles. The molecule has 3 amide bonds. The molecule has 1 saturated heterocycles. The number of hydrogen-bond donors (Lipinski definition) is 1. The predicted molar refractivity (Wildman–Crippen MR) is 114 cm³/mol. The van der Waals surface area contributed by atoms with E-state index in [1.54, 1.807) is 40.5 Å². The lowest BCUT2D eigenvalue weighted by Crippen LogP contribution is -2.52. The van der Waals surface area contributed by atoms with E-state index in [2.05, 4.69) is 22.8 Å². The first-order valence-corrected chi connectivity index (χ1v) is 10.4. The average molecular weight is 414 g/mol. The smallest absolute Gasteiger partial charge is 0.321 e. The third-order valence-corrected chi connectivity index (χ3v) is 6.15. The summed E-state index contributed by atoms with van der Waals surface area (Å²) in [6, 6.07) is 15.1. The van der Waals surface area contributed by atoms with E-state index in [0.717, 1.165) is 10.9 Å². The quantitative estimate of drug-likeness (QED) is 0.688. The maximum absolute atomic E-state index is 12.7. The number of urea groups is 1. The largest absolute Gasteiger partial charge is 0.339 e. The third kappa shape index (κ3) is 4.13. The second-order valence-electron chi connectivity index (χ2n) is 6.74. The van der Waals surface area contributed by atoms with Crippen molar-refractivity contribution in [1.82, 2.24) is 9.80 Å². The number of hydrogen-bond acceptors (Lipinski definition) is 3. The summed E-state index contributed by atoms with van der Waals surface area (Å²) in [6.45, 7) is 2.12. The molecule has 2 heterocycles. The molecule has 4 rings (SSSR count). The second-order valence-corrected chi connectivity index (χ2v) is 8.09. The molecule has 144 valence electrons. The molecule has 0 atom stereocenters. The van der Waals surface area contributed by atoms with Crippen molar-refractivity contribution in [3.05, 3.63) is 64.5 Å². The molecule has 5 nitrogen and oxygen atoms in total. The highest BCUT2D eigenvalue weighted by Gasteiger charge is 2.24. The van der Waals surface area contributed by atoms with E-state index in [0.29, 0.717) is 43.3 Å². The summed E-state index contributed by atoms with van der Waals surface area (Å²) < 4.78 is 1.20. The highest BCUT2D eigenvalue weighted by atomic mass is 35.5. The molecule has 28 heavy (non-hydrogen) atoms. The summed E-state index contributed by atoms with van der Waals surface area (Å²) in [5, 5.41) is 6.65. The van der Waals surface area contributed by atoms with E-state index >= 15 is 0 Å². The maximum atomic E-state index is 12.7. The minimum atomic E-state index is -0.168. The van der Waals surface area contributed by atoms with Crippen LogP contribution in [0.3, 0.4) is 0 Å². The van der Waals surface area contributed by atoms with Crippen LogP contribution in [0, 0.1) is 0 Å². The van der Waals surface area contributed by atoms with Gasteiger partial charge in [-0.25, -0.2) is 4.79 Å². The van der Waals surface area contributed by atoms with Crippen LogP contribution in [-0.2, 0) is 11.2 Å². The first-order valence-electron chi connectivity index (χ1n) is 9.14. The van der Waals surface area contributed by atoms with Crippen LogP contribution in [0.1, 0.15) is 5.56 Å². The molecule has 1 aliphatic rings. The number of piperazine rings is 1. The number of benzene rings is 2. The van der Waals surface area contributed by atoms with Gasteiger partial charge in [0.05, 0.1) is 6.42 Å². The van der Waals surface area contributed by atoms with Crippen LogP contribution in [0.2, 0.25) is 5.02 Å². The Hall–Kier alpha value is -2.57. The number of anilines is 1. The van der Waals surface area contributed by atoms with E-state index in [1.165, 1.54) is 4.70 Å². The topological polar surface area (TPSA) is 52.7 Å². The van der Waals surface area contributed by atoms with E-state index in [-0.39, 0.29) is 11.9 Å². The summed E-state index contributed by atoms with van der Waals surface area (Å²) >= 11 is 7.62. The van der Waals surface area contributed by atoms with Gasteiger partial charge in [0.1, 0.15) is 0 Å². The van der Waals surface area contributed by atoms with Gasteiger partial charge in [0.25, 0.3) is 0 Å². The van der Waals surface area contributed by atoms with Gasteiger partial charge in [-0.05, 0) is 40.6 Å². The van der Waals surface area contributed by atoms with E-state index in [4.69, 9.17) is 11.6 Å². The van der Waals surface area contributed by atoms with Crippen molar-refractivity contribution in [3.63, 3.8) is 0 Å². The Balaban J connectivity index is 1.32. The summed E-state index contributed by atoms with van der Waals surface area (Å²) in [6.07, 6.45) is 0.402. The van der Waals surface area contributed by atoms with Gasteiger partial charge in [0.2, 0.25) is 5.91 Å². The number of rotatable bonds is 3. The first-order chi connectivity index (χ1) is 13.6. The lowest BCUT2D eigenvalue weighted by Gasteiger charge is -2.34. The lowest BCUT2D eigenvalue weighted by molar-refractivity contribution is -0.131. The van der Waals surface area contributed by atoms with Crippen molar-refractivity contribution in [3.8, 4) is 0 Å². The fraction of sp³-hybridized carbons (Fsp3) is 0.238. The van der Waals surface area contributed by atoms with Gasteiger partial charge in [0, 0.05) is 41.6 Å². The van der Waals surface area contributed by atoms with Crippen LogP contribution in [0.5, 0.6) is 0 Å².